The number of nitrogens with zero attached hydrogens (tertiary/aromatic N) is 5. The zero-order chi connectivity index (χ0) is 57.0. The SMILES string of the molecule is CN1c2ccccc2CC1C(=O)N(C)[C@H](CN1CC[C@H](O)C1)c1ccccc1.CN1c2ccccc2CC1C(=O)O.COC(=O)C1Cc2ccccc2N1.COC(=O)C1Cc2ccccc2N1C.O=C(O)C1Cc2ccccc2N1. The molecular formula is C63H73N7O10. The van der Waals surface area contributed by atoms with Crippen LogP contribution in [0.15, 0.2) is 152 Å². The van der Waals surface area contributed by atoms with Gasteiger partial charge in [-0.1, -0.05) is 121 Å². The molecule has 1 saturated heterocycles. The normalized spacial score (nSPS) is 20.7. The van der Waals surface area contributed by atoms with Crippen LogP contribution < -0.4 is 25.3 Å². The van der Waals surface area contributed by atoms with Crippen molar-refractivity contribution >= 4 is 58.2 Å². The Morgan fingerprint density at radius 1 is 0.537 bits per heavy atom. The number of likely N-dealkylation sites (tertiary alicyclic amines) is 1. The molecule has 17 heteroatoms. The third-order valence-corrected chi connectivity index (χ3v) is 15.8. The van der Waals surface area contributed by atoms with Gasteiger partial charge in [-0.2, -0.15) is 0 Å². The average molecular weight is 1090 g/mol. The van der Waals surface area contributed by atoms with Crippen molar-refractivity contribution < 1.29 is 48.8 Å². The maximum Gasteiger partial charge on any atom is 0.328 e. The van der Waals surface area contributed by atoms with Gasteiger partial charge in [0.15, 0.2) is 0 Å². The van der Waals surface area contributed by atoms with Crippen LogP contribution in [0.2, 0.25) is 0 Å². The summed E-state index contributed by atoms with van der Waals surface area (Å²) in [7, 11) is 10.5. The summed E-state index contributed by atoms with van der Waals surface area (Å²) in [6.45, 7) is 2.30. The van der Waals surface area contributed by atoms with E-state index in [1.807, 2.05) is 164 Å². The van der Waals surface area contributed by atoms with Crippen molar-refractivity contribution in [2.45, 2.75) is 80.9 Å². The van der Waals surface area contributed by atoms with E-state index in [1.165, 1.54) is 30.9 Å². The molecule has 0 bridgehead atoms. The van der Waals surface area contributed by atoms with Crippen molar-refractivity contribution in [3.63, 3.8) is 0 Å². The van der Waals surface area contributed by atoms with Crippen LogP contribution in [-0.4, -0.2) is 153 Å². The highest BCUT2D eigenvalue weighted by atomic mass is 16.5. The second-order valence-corrected chi connectivity index (χ2v) is 20.8. The molecule has 80 heavy (non-hydrogen) atoms. The number of rotatable bonds is 9. The van der Waals surface area contributed by atoms with Gasteiger partial charge in [0.05, 0.1) is 26.4 Å². The van der Waals surface area contributed by atoms with Gasteiger partial charge in [-0.25, -0.2) is 19.2 Å². The molecule has 6 aliphatic rings. The highest BCUT2D eigenvalue weighted by Crippen LogP contribution is 2.35. The van der Waals surface area contributed by atoms with Crippen molar-refractivity contribution in [3.05, 3.63) is 185 Å². The zero-order valence-corrected chi connectivity index (χ0v) is 46.3. The van der Waals surface area contributed by atoms with E-state index in [4.69, 9.17) is 14.9 Å². The number of methoxy groups -OCH3 is 2. The first-order valence-electron chi connectivity index (χ1n) is 27.0. The molecule has 0 spiro atoms. The number of carbonyl (C=O) groups excluding carboxylic acids is 3. The van der Waals surface area contributed by atoms with Gasteiger partial charge in [0.2, 0.25) is 5.91 Å². The van der Waals surface area contributed by atoms with Crippen molar-refractivity contribution in [2.24, 2.45) is 0 Å². The lowest BCUT2D eigenvalue weighted by Gasteiger charge is -2.35. The number of carboxylic acid groups (broad SMARTS) is 2. The lowest BCUT2D eigenvalue weighted by molar-refractivity contribution is -0.142. The van der Waals surface area contributed by atoms with E-state index in [-0.39, 0.29) is 48.1 Å². The number of amides is 1. The van der Waals surface area contributed by atoms with Crippen LogP contribution in [0.4, 0.5) is 28.4 Å². The Labute approximate surface area is 468 Å². The van der Waals surface area contributed by atoms with Crippen LogP contribution in [0.3, 0.4) is 0 Å². The first-order chi connectivity index (χ1) is 38.6. The first kappa shape index (κ1) is 57.8. The number of anilines is 5. The van der Waals surface area contributed by atoms with Crippen LogP contribution in [0.25, 0.3) is 0 Å². The molecule has 1 amide bonds. The fourth-order valence-electron chi connectivity index (χ4n) is 11.3. The first-order valence-corrected chi connectivity index (χ1v) is 27.0. The Morgan fingerprint density at radius 3 is 1.43 bits per heavy atom. The molecule has 7 atom stereocenters. The van der Waals surface area contributed by atoms with Crippen LogP contribution >= 0.6 is 0 Å². The summed E-state index contributed by atoms with van der Waals surface area (Å²) in [6.07, 6.45) is 3.97. The second-order valence-electron chi connectivity index (χ2n) is 20.8. The van der Waals surface area contributed by atoms with Crippen molar-refractivity contribution in [3.8, 4) is 0 Å². The number of nitrogens with one attached hydrogen (secondary N) is 2. The summed E-state index contributed by atoms with van der Waals surface area (Å²) >= 11 is 0. The molecule has 420 valence electrons. The number of aliphatic carboxylic acids is 2. The predicted octanol–water partition coefficient (Wildman–Crippen LogP) is 6.97. The van der Waals surface area contributed by atoms with E-state index in [0.29, 0.717) is 19.4 Å². The Hall–Kier alpha value is -8.41. The number of esters is 2. The van der Waals surface area contributed by atoms with Gasteiger partial charge < -0.3 is 55.0 Å². The highest BCUT2D eigenvalue weighted by Gasteiger charge is 2.38. The molecule has 0 aromatic heterocycles. The van der Waals surface area contributed by atoms with Gasteiger partial charge in [-0.15, -0.1) is 0 Å². The Kier molecular flexibility index (Phi) is 19.1. The summed E-state index contributed by atoms with van der Waals surface area (Å²) in [5, 5.41) is 33.6. The van der Waals surface area contributed by atoms with E-state index in [2.05, 4.69) is 55.5 Å². The largest absolute Gasteiger partial charge is 0.480 e. The molecule has 6 aromatic carbocycles. The molecule has 1 fully saturated rings. The third-order valence-electron chi connectivity index (χ3n) is 15.8. The maximum atomic E-state index is 13.5. The number of fused-ring (bicyclic) bond motifs is 5. The lowest BCUT2D eigenvalue weighted by Crippen LogP contribution is -2.48. The molecule has 0 aliphatic carbocycles. The number of para-hydroxylation sites is 5. The highest BCUT2D eigenvalue weighted by molar-refractivity contribution is 5.89. The van der Waals surface area contributed by atoms with Gasteiger partial charge in [0.1, 0.15) is 30.2 Å². The number of hydrogen-bond acceptors (Lipinski definition) is 14. The van der Waals surface area contributed by atoms with E-state index in [1.54, 1.807) is 0 Å². The number of hydrogen-bond donors (Lipinski definition) is 5. The fourth-order valence-corrected chi connectivity index (χ4v) is 11.3. The van der Waals surface area contributed by atoms with E-state index in [9.17, 15) is 29.1 Å². The molecule has 0 saturated carbocycles. The van der Waals surface area contributed by atoms with Gasteiger partial charge >= 0.3 is 23.9 Å². The number of β-amino-alcohol motifs (C(OH)–C–C–N with tert-alkyl or cyclic N) is 1. The number of likely N-dealkylation sites (N-methyl/N-ethyl adjacent to an activating group) is 4. The van der Waals surface area contributed by atoms with Crippen molar-refractivity contribution in [2.75, 3.05) is 87.4 Å². The Morgan fingerprint density at radius 2 is 0.963 bits per heavy atom. The van der Waals surface area contributed by atoms with Crippen LogP contribution in [0, 0.1) is 0 Å². The molecular weight excluding hydrogens is 1010 g/mol. The molecule has 6 heterocycles. The van der Waals surface area contributed by atoms with Crippen molar-refractivity contribution in [1.29, 1.82) is 0 Å². The van der Waals surface area contributed by atoms with E-state index >= 15 is 0 Å². The number of benzene rings is 6. The molecule has 0 radical (unpaired) electrons. The quantitative estimate of drug-likeness (QED) is 0.0928. The van der Waals surface area contributed by atoms with Crippen molar-refractivity contribution in [1.82, 2.24) is 9.80 Å². The fraction of sp³-hybridized carbons (Fsp3) is 0.349. The topological polar surface area (TPSA) is 205 Å². The molecule has 12 rings (SSSR count). The lowest BCUT2D eigenvalue weighted by atomic mass is 10.0. The smallest absolute Gasteiger partial charge is 0.328 e. The number of aliphatic hydroxyl groups is 1. The summed E-state index contributed by atoms with van der Waals surface area (Å²) in [6, 6.07) is 48.5. The number of carbonyl (C=O) groups is 5. The summed E-state index contributed by atoms with van der Waals surface area (Å²) in [4.78, 5) is 67.6. The molecule has 17 nitrogen and oxygen atoms in total. The van der Waals surface area contributed by atoms with Crippen LogP contribution in [0.1, 0.15) is 45.8 Å². The minimum Gasteiger partial charge on any atom is -0.480 e. The predicted molar refractivity (Wildman–Crippen MR) is 310 cm³/mol. The summed E-state index contributed by atoms with van der Waals surface area (Å²) in [5.41, 5.74) is 12.3. The monoisotopic (exact) mass is 1090 g/mol. The molecule has 5 unspecified atom stereocenters. The van der Waals surface area contributed by atoms with Gasteiger partial charge in [0, 0.05) is 108 Å². The van der Waals surface area contributed by atoms with E-state index < -0.39 is 24.0 Å². The summed E-state index contributed by atoms with van der Waals surface area (Å²) in [5.74, 6) is -1.75. The zero-order valence-electron chi connectivity index (χ0n) is 46.3. The number of ether oxygens (including phenoxy) is 2. The van der Waals surface area contributed by atoms with E-state index in [0.717, 1.165) is 83.9 Å². The standard InChI is InChI=1S/C23H29N3O2.C11H13NO2.2C10H11NO2.C9H9NO2/c1-24-20-11-7-6-10-18(20)14-21(24)23(28)25(2)22(17-8-4-3-5-9-17)16-26-13-12-19(27)15-26;1-12-9-6-4-3-5-8(9)7-10(12)11(13)14-2;1-13-10(12)9-6-7-4-2-3-5-8(7)11-9;1-11-8-5-3-2-4-7(8)6-9(11)10(12)13;11-9(12)8-5-6-3-1-2-4-7(6)10-8/h3-11,19,21-22,27H,12-16H2,1-2H3;3-6,10H,7H2,1-2H3;2-5,9,11H,6H2,1H3;2-5,9H,6H2,1H3,(H,12,13);1-4,8,10H,5H2,(H,11,12)/t19-,21?,22+;;;;/m0..../s1. The minimum absolute atomic E-state index is 0.0314. The van der Waals surface area contributed by atoms with Crippen LogP contribution in [0.5, 0.6) is 0 Å². The van der Waals surface area contributed by atoms with Gasteiger partial charge in [0.25, 0.3) is 0 Å². The Bertz CT molecular complexity index is 3070. The minimum atomic E-state index is -0.786. The Balaban J connectivity index is 0.000000138. The third kappa shape index (κ3) is 13.5. The summed E-state index contributed by atoms with van der Waals surface area (Å²) < 4.78 is 9.42. The second kappa shape index (κ2) is 26.5. The van der Waals surface area contributed by atoms with Crippen LogP contribution in [-0.2, 0) is 65.6 Å². The van der Waals surface area contributed by atoms with Gasteiger partial charge in [-0.05, 0) is 70.1 Å². The van der Waals surface area contributed by atoms with Gasteiger partial charge in [-0.3, -0.25) is 9.69 Å². The maximum absolute atomic E-state index is 13.5. The average Bonchev–Trinajstić information content (AvgIpc) is 4.37. The number of carboxylic acids is 2. The number of aliphatic hydroxyl groups excluding tert-OH is 1. The molecule has 5 N–H and O–H groups in total. The molecule has 6 aromatic rings. The molecule has 6 aliphatic heterocycles.